The van der Waals surface area contributed by atoms with E-state index in [1.165, 1.54) is 6.39 Å². The molecule has 0 N–H and O–H groups in total. The summed E-state index contributed by atoms with van der Waals surface area (Å²) in [7, 11) is 0. The molecule has 0 atom stereocenters. The molecule has 0 bridgehead atoms. The maximum absolute atomic E-state index is 6.09. The van der Waals surface area contributed by atoms with Crippen molar-refractivity contribution in [3.63, 3.8) is 0 Å². The molecular weight excluding hydrogens is 265 g/mol. The van der Waals surface area contributed by atoms with Crippen LogP contribution >= 0.6 is 27.5 Å². The van der Waals surface area contributed by atoms with E-state index in [4.69, 9.17) is 16.0 Å². The zero-order chi connectivity index (χ0) is 10.1. The molecular formula is C10H7BrClNO. The van der Waals surface area contributed by atoms with E-state index in [0.29, 0.717) is 5.02 Å². The van der Waals surface area contributed by atoms with Crippen LogP contribution < -0.4 is 0 Å². The summed E-state index contributed by atoms with van der Waals surface area (Å²) in [6.07, 6.45) is 3.08. The molecule has 0 radical (unpaired) electrons. The second-order valence-electron chi connectivity index (χ2n) is 2.90. The molecule has 14 heavy (non-hydrogen) atoms. The van der Waals surface area contributed by atoms with E-state index in [9.17, 15) is 0 Å². The first-order chi connectivity index (χ1) is 6.70. The predicted octanol–water partition coefficient (Wildman–Crippen LogP) is 4.07. The Labute approximate surface area is 95.0 Å². The summed E-state index contributed by atoms with van der Waals surface area (Å²) in [5.74, 6) is 0.733. The van der Waals surface area contributed by atoms with Crippen LogP contribution in [-0.4, -0.2) is 4.98 Å². The number of hydrogen-bond acceptors (Lipinski definition) is 2. The standard InChI is InChI=1S/C10H7BrClNO/c1-6-7(9-4-13-5-14-9)2-3-8(11)10(6)12/h2-5H,1H3. The Kier molecular flexibility index (Phi) is 2.61. The fourth-order valence-electron chi connectivity index (χ4n) is 1.27. The van der Waals surface area contributed by atoms with Gasteiger partial charge in [-0.15, -0.1) is 0 Å². The van der Waals surface area contributed by atoms with Gasteiger partial charge in [0, 0.05) is 10.0 Å². The second kappa shape index (κ2) is 3.75. The van der Waals surface area contributed by atoms with Crippen LogP contribution in [0.25, 0.3) is 11.3 Å². The molecule has 1 aromatic heterocycles. The number of nitrogens with zero attached hydrogens (tertiary/aromatic N) is 1. The first kappa shape index (κ1) is 9.74. The molecule has 0 aliphatic rings. The Morgan fingerprint density at radius 2 is 2.21 bits per heavy atom. The third-order valence-corrected chi connectivity index (χ3v) is 3.41. The van der Waals surface area contributed by atoms with Gasteiger partial charge in [0.1, 0.15) is 0 Å². The van der Waals surface area contributed by atoms with Crippen LogP contribution in [0.5, 0.6) is 0 Å². The van der Waals surface area contributed by atoms with Gasteiger partial charge in [-0.1, -0.05) is 11.6 Å². The molecule has 4 heteroatoms. The third kappa shape index (κ3) is 1.57. The fraction of sp³-hybridized carbons (Fsp3) is 0.100. The lowest BCUT2D eigenvalue weighted by molar-refractivity contribution is 0.571. The molecule has 2 nitrogen and oxygen atoms in total. The van der Waals surface area contributed by atoms with Crippen LogP contribution in [0.1, 0.15) is 5.56 Å². The van der Waals surface area contributed by atoms with Crippen molar-refractivity contribution in [3.8, 4) is 11.3 Å². The van der Waals surface area contributed by atoms with Gasteiger partial charge in [0.25, 0.3) is 0 Å². The van der Waals surface area contributed by atoms with Crippen molar-refractivity contribution in [2.45, 2.75) is 6.92 Å². The summed E-state index contributed by atoms with van der Waals surface area (Å²) < 4.78 is 6.10. The molecule has 0 spiro atoms. The topological polar surface area (TPSA) is 26.0 Å². The average molecular weight is 273 g/mol. The van der Waals surface area contributed by atoms with Crippen LogP contribution in [0.4, 0.5) is 0 Å². The van der Waals surface area contributed by atoms with E-state index in [1.807, 2.05) is 19.1 Å². The minimum atomic E-state index is 0.707. The van der Waals surface area contributed by atoms with Gasteiger partial charge < -0.3 is 4.42 Å². The number of benzene rings is 1. The summed E-state index contributed by atoms with van der Waals surface area (Å²) in [5.41, 5.74) is 1.95. The Morgan fingerprint density at radius 3 is 2.86 bits per heavy atom. The van der Waals surface area contributed by atoms with Crippen molar-refractivity contribution in [1.29, 1.82) is 0 Å². The Hall–Kier alpha value is -0.800. The molecule has 0 aliphatic carbocycles. The molecule has 2 aromatic rings. The van der Waals surface area contributed by atoms with Gasteiger partial charge in [-0.3, -0.25) is 0 Å². The van der Waals surface area contributed by atoms with Crippen molar-refractivity contribution in [1.82, 2.24) is 4.98 Å². The highest BCUT2D eigenvalue weighted by molar-refractivity contribution is 9.10. The van der Waals surface area contributed by atoms with Crippen molar-refractivity contribution in [2.75, 3.05) is 0 Å². The molecule has 0 aliphatic heterocycles. The van der Waals surface area contributed by atoms with Gasteiger partial charge in [0.05, 0.1) is 11.2 Å². The predicted molar refractivity (Wildman–Crippen MR) is 59.4 cm³/mol. The van der Waals surface area contributed by atoms with Crippen LogP contribution in [0, 0.1) is 6.92 Å². The fourth-order valence-corrected chi connectivity index (χ4v) is 1.86. The van der Waals surface area contributed by atoms with Gasteiger partial charge >= 0.3 is 0 Å². The molecule has 0 saturated carbocycles. The summed E-state index contributed by atoms with van der Waals surface area (Å²) in [5, 5.41) is 0.707. The molecule has 1 aromatic carbocycles. The summed E-state index contributed by atoms with van der Waals surface area (Å²) >= 11 is 9.46. The molecule has 72 valence electrons. The summed E-state index contributed by atoms with van der Waals surface area (Å²) in [6, 6.07) is 3.85. The van der Waals surface area contributed by atoms with Crippen molar-refractivity contribution in [3.05, 3.63) is 39.8 Å². The number of hydrogen-bond donors (Lipinski definition) is 0. The maximum atomic E-state index is 6.09. The minimum Gasteiger partial charge on any atom is -0.444 e. The highest BCUT2D eigenvalue weighted by Crippen LogP contribution is 2.33. The molecule has 0 saturated heterocycles. The molecule has 0 fully saturated rings. The van der Waals surface area contributed by atoms with E-state index in [-0.39, 0.29) is 0 Å². The third-order valence-electron chi connectivity index (χ3n) is 2.04. The highest BCUT2D eigenvalue weighted by atomic mass is 79.9. The average Bonchev–Trinajstić information content (AvgIpc) is 2.67. The van der Waals surface area contributed by atoms with Crippen molar-refractivity contribution < 1.29 is 4.42 Å². The Bertz CT molecular complexity index is 453. The lowest BCUT2D eigenvalue weighted by Crippen LogP contribution is -1.83. The molecule has 0 unspecified atom stereocenters. The van der Waals surface area contributed by atoms with E-state index >= 15 is 0 Å². The van der Waals surface area contributed by atoms with Gasteiger partial charge in [-0.05, 0) is 40.5 Å². The van der Waals surface area contributed by atoms with Gasteiger partial charge in [-0.25, -0.2) is 4.98 Å². The second-order valence-corrected chi connectivity index (χ2v) is 4.13. The smallest absolute Gasteiger partial charge is 0.181 e. The van der Waals surface area contributed by atoms with E-state index in [1.54, 1.807) is 6.20 Å². The Balaban J connectivity index is 2.61. The quantitative estimate of drug-likeness (QED) is 0.782. The SMILES string of the molecule is Cc1c(-c2cnco2)ccc(Br)c1Cl. The zero-order valence-electron chi connectivity index (χ0n) is 7.42. The lowest BCUT2D eigenvalue weighted by Gasteiger charge is -2.05. The monoisotopic (exact) mass is 271 g/mol. The summed E-state index contributed by atoms with van der Waals surface area (Å²) in [4.78, 5) is 3.87. The van der Waals surface area contributed by atoms with Crippen molar-refractivity contribution >= 4 is 27.5 Å². The highest BCUT2D eigenvalue weighted by Gasteiger charge is 2.09. The Morgan fingerprint density at radius 1 is 1.43 bits per heavy atom. The van der Waals surface area contributed by atoms with E-state index < -0.39 is 0 Å². The zero-order valence-corrected chi connectivity index (χ0v) is 9.76. The number of aromatic nitrogens is 1. The first-order valence-electron chi connectivity index (χ1n) is 4.03. The lowest BCUT2D eigenvalue weighted by atomic mass is 10.1. The maximum Gasteiger partial charge on any atom is 0.181 e. The largest absolute Gasteiger partial charge is 0.444 e. The van der Waals surface area contributed by atoms with E-state index in [0.717, 1.165) is 21.4 Å². The van der Waals surface area contributed by atoms with Gasteiger partial charge in [0.2, 0.25) is 0 Å². The number of rotatable bonds is 1. The van der Waals surface area contributed by atoms with E-state index in [2.05, 4.69) is 20.9 Å². The summed E-state index contributed by atoms with van der Waals surface area (Å²) in [6.45, 7) is 1.95. The normalized spacial score (nSPS) is 10.5. The number of halogens is 2. The minimum absolute atomic E-state index is 0.707. The van der Waals surface area contributed by atoms with Crippen molar-refractivity contribution in [2.24, 2.45) is 0 Å². The van der Waals surface area contributed by atoms with Crippen LogP contribution in [-0.2, 0) is 0 Å². The number of oxazole rings is 1. The first-order valence-corrected chi connectivity index (χ1v) is 5.20. The molecule has 0 amide bonds. The van der Waals surface area contributed by atoms with Crippen LogP contribution in [0.2, 0.25) is 5.02 Å². The molecule has 2 rings (SSSR count). The van der Waals surface area contributed by atoms with Gasteiger partial charge in [-0.2, -0.15) is 0 Å². The van der Waals surface area contributed by atoms with Gasteiger partial charge in [0.15, 0.2) is 12.2 Å². The van der Waals surface area contributed by atoms with Crippen LogP contribution in [0.3, 0.4) is 0 Å². The molecule has 1 heterocycles. The van der Waals surface area contributed by atoms with Crippen LogP contribution in [0.15, 0.2) is 33.6 Å².